The predicted octanol–water partition coefficient (Wildman–Crippen LogP) is 2.39. The Bertz CT molecular complexity index is 544. The summed E-state index contributed by atoms with van der Waals surface area (Å²) in [5, 5.41) is 4.34. The number of benzene rings is 1. The van der Waals surface area contributed by atoms with E-state index in [1.165, 1.54) is 6.92 Å². The zero-order valence-corrected chi connectivity index (χ0v) is 10.1. The first-order valence-electron chi connectivity index (χ1n) is 5.35. The quantitative estimate of drug-likeness (QED) is 0.760. The molecule has 0 aliphatic heterocycles. The molecule has 0 atom stereocenters. The number of hydrogen-bond donors (Lipinski definition) is 0. The summed E-state index contributed by atoms with van der Waals surface area (Å²) in [6, 6.07) is 9.59. The standard InChI is InChI=1S/C13H14N2O2/c1-9-12(10(2)16)13(17-3)15(14-9)11-7-5-4-6-8-11/h4-8H,1-3H3. The molecule has 0 fully saturated rings. The van der Waals surface area contributed by atoms with Crippen molar-refractivity contribution >= 4 is 5.78 Å². The van der Waals surface area contributed by atoms with Crippen LogP contribution in [0.15, 0.2) is 30.3 Å². The number of methoxy groups -OCH3 is 1. The van der Waals surface area contributed by atoms with E-state index in [9.17, 15) is 4.79 Å². The molecule has 0 unspecified atom stereocenters. The van der Waals surface area contributed by atoms with Crippen molar-refractivity contribution < 1.29 is 9.53 Å². The van der Waals surface area contributed by atoms with Crippen LogP contribution in [0.3, 0.4) is 0 Å². The zero-order valence-electron chi connectivity index (χ0n) is 10.1. The number of para-hydroxylation sites is 1. The lowest BCUT2D eigenvalue weighted by molar-refractivity contribution is 0.101. The number of nitrogens with zero attached hydrogens (tertiary/aromatic N) is 2. The van der Waals surface area contributed by atoms with Gasteiger partial charge >= 0.3 is 0 Å². The van der Waals surface area contributed by atoms with Gasteiger partial charge in [0, 0.05) is 0 Å². The number of hydrogen-bond acceptors (Lipinski definition) is 3. The number of carbonyl (C=O) groups is 1. The number of ketones is 1. The van der Waals surface area contributed by atoms with Crippen LogP contribution in [0.5, 0.6) is 5.88 Å². The molecule has 4 nitrogen and oxygen atoms in total. The van der Waals surface area contributed by atoms with Gasteiger partial charge in [-0.15, -0.1) is 0 Å². The summed E-state index contributed by atoms with van der Waals surface area (Å²) in [6.45, 7) is 3.32. The third kappa shape index (κ3) is 1.93. The molecule has 4 heteroatoms. The van der Waals surface area contributed by atoms with Crippen molar-refractivity contribution in [2.75, 3.05) is 7.11 Å². The van der Waals surface area contributed by atoms with Crippen molar-refractivity contribution in [2.24, 2.45) is 0 Å². The van der Waals surface area contributed by atoms with E-state index in [1.807, 2.05) is 30.3 Å². The van der Waals surface area contributed by atoms with Crippen molar-refractivity contribution in [3.8, 4) is 11.6 Å². The lowest BCUT2D eigenvalue weighted by Gasteiger charge is -2.06. The highest BCUT2D eigenvalue weighted by Crippen LogP contribution is 2.25. The summed E-state index contributed by atoms with van der Waals surface area (Å²) < 4.78 is 6.94. The monoisotopic (exact) mass is 230 g/mol. The van der Waals surface area contributed by atoms with E-state index < -0.39 is 0 Å². The van der Waals surface area contributed by atoms with E-state index >= 15 is 0 Å². The fourth-order valence-electron chi connectivity index (χ4n) is 1.84. The van der Waals surface area contributed by atoms with Crippen molar-refractivity contribution in [1.29, 1.82) is 0 Å². The number of rotatable bonds is 3. The molecule has 0 aliphatic rings. The van der Waals surface area contributed by atoms with Crippen LogP contribution in [0.1, 0.15) is 23.0 Å². The maximum atomic E-state index is 11.6. The molecule has 17 heavy (non-hydrogen) atoms. The maximum absolute atomic E-state index is 11.6. The van der Waals surface area contributed by atoms with Crippen LogP contribution in [0.4, 0.5) is 0 Å². The molecule has 0 aliphatic carbocycles. The first-order chi connectivity index (χ1) is 8.15. The normalized spacial score (nSPS) is 10.3. The Hall–Kier alpha value is -2.10. The molecule has 0 radical (unpaired) electrons. The Labute approximate surface area is 99.8 Å². The topological polar surface area (TPSA) is 44.1 Å². The van der Waals surface area contributed by atoms with Crippen LogP contribution in [0.2, 0.25) is 0 Å². The average molecular weight is 230 g/mol. The molecule has 2 rings (SSSR count). The van der Waals surface area contributed by atoms with Gasteiger partial charge in [-0.05, 0) is 26.0 Å². The summed E-state index contributed by atoms with van der Waals surface area (Å²) in [5.74, 6) is 0.447. The number of aryl methyl sites for hydroxylation is 1. The molecule has 1 aromatic carbocycles. The third-order valence-corrected chi connectivity index (χ3v) is 2.56. The summed E-state index contributed by atoms with van der Waals surface area (Å²) in [6.07, 6.45) is 0. The molecule has 88 valence electrons. The van der Waals surface area contributed by atoms with Gasteiger partial charge in [0.1, 0.15) is 5.56 Å². The largest absolute Gasteiger partial charge is 0.480 e. The molecule has 0 saturated heterocycles. The van der Waals surface area contributed by atoms with Gasteiger partial charge in [-0.25, -0.2) is 4.68 Å². The predicted molar refractivity (Wildman–Crippen MR) is 64.9 cm³/mol. The minimum Gasteiger partial charge on any atom is -0.480 e. The molecule has 0 N–H and O–H groups in total. The Morgan fingerprint density at radius 3 is 2.47 bits per heavy atom. The summed E-state index contributed by atoms with van der Waals surface area (Å²) in [5.41, 5.74) is 2.09. The maximum Gasteiger partial charge on any atom is 0.227 e. The van der Waals surface area contributed by atoms with Gasteiger partial charge < -0.3 is 4.74 Å². The highest BCUT2D eigenvalue weighted by molar-refractivity contribution is 5.97. The van der Waals surface area contributed by atoms with E-state index in [-0.39, 0.29) is 5.78 Å². The molecular weight excluding hydrogens is 216 g/mol. The Morgan fingerprint density at radius 1 is 1.29 bits per heavy atom. The van der Waals surface area contributed by atoms with Crippen LogP contribution in [-0.2, 0) is 0 Å². The van der Waals surface area contributed by atoms with Crippen LogP contribution in [0, 0.1) is 6.92 Å². The highest BCUT2D eigenvalue weighted by Gasteiger charge is 2.20. The summed E-state index contributed by atoms with van der Waals surface area (Å²) in [7, 11) is 1.54. The molecule has 0 saturated carbocycles. The Morgan fingerprint density at radius 2 is 1.94 bits per heavy atom. The van der Waals surface area contributed by atoms with Gasteiger partial charge in [-0.3, -0.25) is 4.79 Å². The minimum absolute atomic E-state index is 0.0402. The van der Waals surface area contributed by atoms with Crippen molar-refractivity contribution in [1.82, 2.24) is 9.78 Å². The Kier molecular flexibility index (Phi) is 2.95. The zero-order chi connectivity index (χ0) is 12.4. The van der Waals surface area contributed by atoms with Crippen LogP contribution >= 0.6 is 0 Å². The van der Waals surface area contributed by atoms with Crippen LogP contribution < -0.4 is 4.74 Å². The summed E-state index contributed by atoms with van der Waals surface area (Å²) in [4.78, 5) is 11.6. The fourth-order valence-corrected chi connectivity index (χ4v) is 1.84. The molecule has 1 aromatic heterocycles. The van der Waals surface area contributed by atoms with Gasteiger partial charge in [0.05, 0.1) is 18.5 Å². The number of aromatic nitrogens is 2. The van der Waals surface area contributed by atoms with Crippen molar-refractivity contribution in [3.63, 3.8) is 0 Å². The van der Waals surface area contributed by atoms with Crippen LogP contribution in [-0.4, -0.2) is 22.7 Å². The van der Waals surface area contributed by atoms with Crippen LogP contribution in [0.25, 0.3) is 5.69 Å². The second-order valence-corrected chi connectivity index (χ2v) is 3.77. The lowest BCUT2D eigenvalue weighted by atomic mass is 10.2. The minimum atomic E-state index is -0.0402. The van der Waals surface area contributed by atoms with E-state index in [4.69, 9.17) is 4.74 Å². The highest BCUT2D eigenvalue weighted by atomic mass is 16.5. The van der Waals surface area contributed by atoms with Crippen molar-refractivity contribution in [2.45, 2.75) is 13.8 Å². The molecule has 0 bridgehead atoms. The fraction of sp³-hybridized carbons (Fsp3) is 0.231. The molecular formula is C13H14N2O2. The number of ether oxygens (including phenoxy) is 1. The van der Waals surface area contributed by atoms with Gasteiger partial charge in [0.15, 0.2) is 5.78 Å². The smallest absolute Gasteiger partial charge is 0.227 e. The average Bonchev–Trinajstić information content (AvgIpc) is 2.67. The second kappa shape index (κ2) is 4.41. The Balaban J connectivity index is 2.64. The van der Waals surface area contributed by atoms with Gasteiger partial charge in [-0.1, -0.05) is 18.2 Å². The van der Waals surface area contributed by atoms with Crippen molar-refractivity contribution in [3.05, 3.63) is 41.6 Å². The molecule has 0 spiro atoms. The van der Waals surface area contributed by atoms with Gasteiger partial charge in [-0.2, -0.15) is 5.10 Å². The van der Waals surface area contributed by atoms with E-state index in [0.29, 0.717) is 17.1 Å². The number of carbonyl (C=O) groups excluding carboxylic acids is 1. The first kappa shape index (κ1) is 11.4. The van der Waals surface area contributed by atoms with E-state index in [2.05, 4.69) is 5.10 Å². The lowest BCUT2D eigenvalue weighted by Crippen LogP contribution is -2.02. The molecule has 0 amide bonds. The second-order valence-electron chi connectivity index (χ2n) is 3.77. The van der Waals surface area contributed by atoms with E-state index in [0.717, 1.165) is 5.69 Å². The SMILES string of the molecule is COc1c(C(C)=O)c(C)nn1-c1ccccc1. The van der Waals surface area contributed by atoms with E-state index in [1.54, 1.807) is 18.7 Å². The third-order valence-electron chi connectivity index (χ3n) is 2.56. The number of Topliss-reactive ketones (excluding diaryl/α,β-unsaturated/α-hetero) is 1. The molecule has 2 aromatic rings. The van der Waals surface area contributed by atoms with Gasteiger partial charge in [0.25, 0.3) is 0 Å². The summed E-state index contributed by atoms with van der Waals surface area (Å²) >= 11 is 0. The first-order valence-corrected chi connectivity index (χ1v) is 5.35. The molecule has 1 heterocycles. The van der Waals surface area contributed by atoms with Gasteiger partial charge in [0.2, 0.25) is 5.88 Å².